The molecule has 2 rings (SSSR count). The number of rotatable bonds is 4. The first-order chi connectivity index (χ1) is 9.00. The third-order valence-electron chi connectivity index (χ3n) is 3.21. The molecule has 1 aliphatic rings. The molecule has 5 nitrogen and oxygen atoms in total. The van der Waals surface area contributed by atoms with Crippen molar-refractivity contribution in [3.63, 3.8) is 0 Å². The minimum Gasteiger partial charge on any atom is -0.371 e. The lowest BCUT2D eigenvalue weighted by atomic mass is 10.1. The zero-order valence-electron chi connectivity index (χ0n) is 11.3. The normalized spacial score (nSPS) is 21.3. The topological polar surface area (TPSA) is 58.6 Å². The second kappa shape index (κ2) is 5.90. The Morgan fingerprint density at radius 2 is 2.05 bits per heavy atom. The predicted molar refractivity (Wildman–Crippen MR) is 75.7 cm³/mol. The van der Waals surface area contributed by atoms with Gasteiger partial charge in [0.1, 0.15) is 0 Å². The van der Waals surface area contributed by atoms with Crippen LogP contribution in [-0.2, 0) is 14.8 Å². The summed E-state index contributed by atoms with van der Waals surface area (Å²) in [5.41, 5.74) is 1.67. The van der Waals surface area contributed by atoms with E-state index < -0.39 is 10.0 Å². The molecule has 1 fully saturated rings. The Hall–Kier alpha value is -1.11. The number of hydrogen-bond acceptors (Lipinski definition) is 4. The number of nitrogens with zero attached hydrogens (tertiary/aromatic N) is 1. The molecule has 1 heterocycles. The van der Waals surface area contributed by atoms with E-state index in [1.54, 1.807) is 19.1 Å². The fourth-order valence-electron chi connectivity index (χ4n) is 2.00. The molecule has 0 radical (unpaired) electrons. The van der Waals surface area contributed by atoms with Crippen LogP contribution in [-0.4, -0.2) is 45.8 Å². The molecule has 0 saturated carbocycles. The lowest BCUT2D eigenvalue weighted by Crippen LogP contribution is -2.35. The van der Waals surface area contributed by atoms with Gasteiger partial charge in [0.25, 0.3) is 0 Å². The van der Waals surface area contributed by atoms with Crippen LogP contribution in [0.1, 0.15) is 18.6 Å². The Bertz CT molecular complexity index is 513. The van der Waals surface area contributed by atoms with Crippen LogP contribution in [0.2, 0.25) is 0 Å². The van der Waals surface area contributed by atoms with Gasteiger partial charge in [-0.15, -0.1) is 0 Å². The number of morpholine rings is 1. The maximum Gasteiger partial charge on any atom is 0.232 e. The largest absolute Gasteiger partial charge is 0.371 e. The number of anilines is 1. The van der Waals surface area contributed by atoms with Crippen molar-refractivity contribution in [2.24, 2.45) is 0 Å². The molecule has 0 spiro atoms. The quantitative estimate of drug-likeness (QED) is 0.909. The first-order valence-electron chi connectivity index (χ1n) is 6.41. The molecule has 1 N–H and O–H groups in total. The number of sulfonamides is 1. The van der Waals surface area contributed by atoms with Crippen LogP contribution in [0.15, 0.2) is 24.3 Å². The minimum absolute atomic E-state index is 0.0654. The van der Waals surface area contributed by atoms with Crippen molar-refractivity contribution < 1.29 is 13.2 Å². The first kappa shape index (κ1) is 14.3. The standard InChI is InChI=1S/C13H20N2O3S/c1-3-19(16,17)14-12-6-4-11(5-7-12)13-10-15(2)8-9-18-13/h4-7,13-14H,3,8-10H2,1-2H3. The van der Waals surface area contributed by atoms with Crippen LogP contribution in [0, 0.1) is 0 Å². The van der Waals surface area contributed by atoms with E-state index in [4.69, 9.17) is 4.74 Å². The van der Waals surface area contributed by atoms with Crippen molar-refractivity contribution >= 4 is 15.7 Å². The number of hydrogen-bond donors (Lipinski definition) is 1. The van der Waals surface area contributed by atoms with Gasteiger partial charge in [-0.3, -0.25) is 4.72 Å². The highest BCUT2D eigenvalue weighted by Gasteiger charge is 2.19. The third-order valence-corrected chi connectivity index (χ3v) is 4.51. The van der Waals surface area contributed by atoms with Crippen molar-refractivity contribution in [2.45, 2.75) is 13.0 Å². The van der Waals surface area contributed by atoms with E-state index in [1.807, 2.05) is 12.1 Å². The van der Waals surface area contributed by atoms with Gasteiger partial charge < -0.3 is 9.64 Å². The Balaban J connectivity index is 2.06. The fourth-order valence-corrected chi connectivity index (χ4v) is 2.64. The highest BCUT2D eigenvalue weighted by molar-refractivity contribution is 7.92. The van der Waals surface area contributed by atoms with Gasteiger partial charge in [0, 0.05) is 18.8 Å². The summed E-state index contributed by atoms with van der Waals surface area (Å²) in [5.74, 6) is 0.0747. The molecule has 1 atom stereocenters. The van der Waals surface area contributed by atoms with Gasteiger partial charge in [0.05, 0.1) is 18.5 Å². The molecule has 1 aliphatic heterocycles. The van der Waals surface area contributed by atoms with Crippen LogP contribution >= 0.6 is 0 Å². The maximum absolute atomic E-state index is 11.5. The van der Waals surface area contributed by atoms with Crippen LogP contribution < -0.4 is 4.72 Å². The van der Waals surface area contributed by atoms with E-state index in [1.165, 1.54) is 0 Å². The Kier molecular flexibility index (Phi) is 4.44. The summed E-state index contributed by atoms with van der Waals surface area (Å²) in [4.78, 5) is 2.22. The molecule has 1 saturated heterocycles. The van der Waals surface area contributed by atoms with Gasteiger partial charge in [-0.25, -0.2) is 8.42 Å². The van der Waals surface area contributed by atoms with E-state index in [9.17, 15) is 8.42 Å². The molecule has 1 aromatic carbocycles. The lowest BCUT2D eigenvalue weighted by molar-refractivity contribution is -0.0208. The molecule has 106 valence electrons. The molecule has 19 heavy (non-hydrogen) atoms. The summed E-state index contributed by atoms with van der Waals surface area (Å²) in [6.45, 7) is 4.15. The van der Waals surface area contributed by atoms with Gasteiger partial charge in [0.2, 0.25) is 10.0 Å². The molecule has 1 aromatic rings. The molecule has 1 unspecified atom stereocenters. The van der Waals surface area contributed by atoms with Crippen LogP contribution in [0.25, 0.3) is 0 Å². The number of benzene rings is 1. The fraction of sp³-hybridized carbons (Fsp3) is 0.538. The van der Waals surface area contributed by atoms with Crippen LogP contribution in [0.3, 0.4) is 0 Å². The summed E-state index contributed by atoms with van der Waals surface area (Å²) in [7, 11) is -1.14. The van der Waals surface area contributed by atoms with Gasteiger partial charge in [0.15, 0.2) is 0 Å². The number of nitrogens with one attached hydrogen (secondary N) is 1. The molecule has 0 aliphatic carbocycles. The summed E-state index contributed by atoms with van der Waals surface area (Å²) in [5, 5.41) is 0. The smallest absolute Gasteiger partial charge is 0.232 e. The van der Waals surface area contributed by atoms with E-state index in [2.05, 4.69) is 16.7 Å². The van der Waals surface area contributed by atoms with Crippen molar-refractivity contribution in [3.8, 4) is 0 Å². The second-order valence-corrected chi connectivity index (χ2v) is 6.76. The van der Waals surface area contributed by atoms with Crippen molar-refractivity contribution in [2.75, 3.05) is 37.2 Å². The average molecular weight is 284 g/mol. The van der Waals surface area contributed by atoms with E-state index in [0.29, 0.717) is 5.69 Å². The Morgan fingerprint density at radius 1 is 1.37 bits per heavy atom. The molecule has 0 amide bonds. The Labute approximate surface area is 114 Å². The van der Waals surface area contributed by atoms with Crippen LogP contribution in [0.4, 0.5) is 5.69 Å². The lowest BCUT2D eigenvalue weighted by Gasteiger charge is -2.30. The van der Waals surface area contributed by atoms with E-state index in [-0.39, 0.29) is 11.9 Å². The predicted octanol–water partition coefficient (Wildman–Crippen LogP) is 1.45. The van der Waals surface area contributed by atoms with Crippen LogP contribution in [0.5, 0.6) is 0 Å². The second-order valence-electron chi connectivity index (χ2n) is 4.75. The zero-order chi connectivity index (χ0) is 13.9. The van der Waals surface area contributed by atoms with Gasteiger partial charge in [-0.2, -0.15) is 0 Å². The molecule has 0 aromatic heterocycles. The average Bonchev–Trinajstić information content (AvgIpc) is 2.39. The van der Waals surface area contributed by atoms with Gasteiger partial charge in [-0.1, -0.05) is 12.1 Å². The molecule has 6 heteroatoms. The molecular formula is C13H20N2O3S. The SMILES string of the molecule is CCS(=O)(=O)Nc1ccc(C2CN(C)CCO2)cc1. The zero-order valence-corrected chi connectivity index (χ0v) is 12.1. The van der Waals surface area contributed by atoms with Crippen molar-refractivity contribution in [3.05, 3.63) is 29.8 Å². The first-order valence-corrected chi connectivity index (χ1v) is 8.06. The Morgan fingerprint density at radius 3 is 2.63 bits per heavy atom. The van der Waals surface area contributed by atoms with E-state index in [0.717, 1.165) is 25.3 Å². The third kappa shape index (κ3) is 3.92. The van der Waals surface area contributed by atoms with E-state index >= 15 is 0 Å². The minimum atomic E-state index is -3.21. The summed E-state index contributed by atoms with van der Waals surface area (Å²) in [6, 6.07) is 7.38. The monoisotopic (exact) mass is 284 g/mol. The van der Waals surface area contributed by atoms with Crippen molar-refractivity contribution in [1.82, 2.24) is 4.90 Å². The molecule has 0 bridgehead atoms. The highest BCUT2D eigenvalue weighted by Crippen LogP contribution is 2.23. The number of ether oxygens (including phenoxy) is 1. The molecular weight excluding hydrogens is 264 g/mol. The van der Waals surface area contributed by atoms with Gasteiger partial charge in [-0.05, 0) is 31.7 Å². The summed E-state index contributed by atoms with van der Waals surface area (Å²) in [6.07, 6.45) is 0.0654. The highest BCUT2D eigenvalue weighted by atomic mass is 32.2. The maximum atomic E-state index is 11.5. The summed E-state index contributed by atoms with van der Waals surface area (Å²) >= 11 is 0. The van der Waals surface area contributed by atoms with Gasteiger partial charge >= 0.3 is 0 Å². The van der Waals surface area contributed by atoms with Crippen molar-refractivity contribution in [1.29, 1.82) is 0 Å². The summed E-state index contributed by atoms with van der Waals surface area (Å²) < 4.78 is 31.2. The number of likely N-dealkylation sites (N-methyl/N-ethyl adjacent to an activating group) is 1.